The zero-order valence-corrected chi connectivity index (χ0v) is 16.4. The van der Waals surface area contributed by atoms with E-state index in [9.17, 15) is 4.79 Å². The number of thiophene rings is 1. The van der Waals surface area contributed by atoms with Gasteiger partial charge in [0.2, 0.25) is 0 Å². The summed E-state index contributed by atoms with van der Waals surface area (Å²) < 4.78 is 0. The molecule has 28 heavy (non-hydrogen) atoms. The Kier molecular flexibility index (Phi) is 5.82. The Labute approximate surface area is 168 Å². The molecular weight excluding hydrogens is 370 g/mol. The Morgan fingerprint density at radius 3 is 2.68 bits per heavy atom. The number of hydrogen-bond acceptors (Lipinski definition) is 6. The quantitative estimate of drug-likeness (QED) is 0.659. The maximum absolute atomic E-state index is 12.3. The van der Waals surface area contributed by atoms with E-state index in [4.69, 9.17) is 0 Å². The van der Waals surface area contributed by atoms with Gasteiger partial charge in [0, 0.05) is 43.9 Å². The van der Waals surface area contributed by atoms with Gasteiger partial charge in [0.15, 0.2) is 0 Å². The second-order valence-corrected chi connectivity index (χ2v) is 7.80. The van der Waals surface area contributed by atoms with Crippen LogP contribution in [0.15, 0.2) is 60.4 Å². The maximum atomic E-state index is 12.3. The summed E-state index contributed by atoms with van der Waals surface area (Å²) in [6, 6.07) is 11.5. The van der Waals surface area contributed by atoms with Gasteiger partial charge < -0.3 is 15.5 Å². The number of piperidine rings is 1. The number of nitrogens with zero attached hydrogens (tertiary/aromatic N) is 3. The molecule has 2 N–H and O–H groups in total. The smallest absolute Gasteiger partial charge is 0.265 e. The van der Waals surface area contributed by atoms with E-state index < -0.39 is 0 Å². The molecule has 1 fully saturated rings. The third kappa shape index (κ3) is 4.48. The molecule has 1 aliphatic heterocycles. The first-order valence-electron chi connectivity index (χ1n) is 9.48. The van der Waals surface area contributed by atoms with Gasteiger partial charge in [-0.2, -0.15) is 0 Å². The van der Waals surface area contributed by atoms with Crippen molar-refractivity contribution >= 4 is 34.4 Å². The van der Waals surface area contributed by atoms with E-state index in [1.54, 1.807) is 6.20 Å². The Hall–Kier alpha value is -2.93. The van der Waals surface area contributed by atoms with E-state index in [0.717, 1.165) is 44.0 Å². The van der Waals surface area contributed by atoms with E-state index in [1.807, 2.05) is 42.0 Å². The lowest BCUT2D eigenvalue weighted by Crippen LogP contribution is -2.35. The van der Waals surface area contributed by atoms with Crippen LogP contribution in [0.4, 0.5) is 17.2 Å². The Morgan fingerprint density at radius 2 is 1.93 bits per heavy atom. The van der Waals surface area contributed by atoms with E-state index in [1.165, 1.54) is 17.0 Å². The van der Waals surface area contributed by atoms with Crippen molar-refractivity contribution in [3.05, 3.63) is 65.2 Å². The summed E-state index contributed by atoms with van der Waals surface area (Å²) >= 11 is 1.43. The molecule has 0 aromatic carbocycles. The maximum Gasteiger partial charge on any atom is 0.265 e. The third-order valence-corrected chi connectivity index (χ3v) is 5.87. The second-order valence-electron chi connectivity index (χ2n) is 6.85. The van der Waals surface area contributed by atoms with Gasteiger partial charge in [-0.05, 0) is 54.5 Å². The SMILES string of the molecule is O=C(Nc1cccnc1NCC1CCN(c2ccncc2)CC1)c1cccs1. The van der Waals surface area contributed by atoms with Crippen LogP contribution in [0.25, 0.3) is 0 Å². The highest BCUT2D eigenvalue weighted by Gasteiger charge is 2.20. The number of nitrogens with one attached hydrogen (secondary N) is 2. The van der Waals surface area contributed by atoms with E-state index in [2.05, 4.69) is 37.6 Å². The van der Waals surface area contributed by atoms with Gasteiger partial charge in [-0.15, -0.1) is 11.3 Å². The molecule has 1 aliphatic rings. The fourth-order valence-electron chi connectivity index (χ4n) is 3.43. The van der Waals surface area contributed by atoms with Gasteiger partial charge in [-0.1, -0.05) is 6.07 Å². The van der Waals surface area contributed by atoms with Crippen molar-refractivity contribution < 1.29 is 4.79 Å². The average Bonchev–Trinajstić information content (AvgIpc) is 3.29. The molecular formula is C21H23N5OS. The molecule has 3 aromatic heterocycles. The summed E-state index contributed by atoms with van der Waals surface area (Å²) in [4.78, 5) is 23.9. The van der Waals surface area contributed by atoms with E-state index in [-0.39, 0.29) is 5.91 Å². The van der Waals surface area contributed by atoms with E-state index >= 15 is 0 Å². The predicted molar refractivity (Wildman–Crippen MR) is 114 cm³/mol. The van der Waals surface area contributed by atoms with Crippen molar-refractivity contribution in [3.63, 3.8) is 0 Å². The number of anilines is 3. The van der Waals surface area contributed by atoms with Crippen molar-refractivity contribution in [2.75, 3.05) is 35.2 Å². The summed E-state index contributed by atoms with van der Waals surface area (Å²) in [5.41, 5.74) is 1.96. The topological polar surface area (TPSA) is 70.2 Å². The van der Waals surface area contributed by atoms with Crippen LogP contribution >= 0.6 is 11.3 Å². The van der Waals surface area contributed by atoms with Crippen LogP contribution in [0.3, 0.4) is 0 Å². The van der Waals surface area contributed by atoms with Crippen LogP contribution in [0, 0.1) is 5.92 Å². The second kappa shape index (κ2) is 8.84. The summed E-state index contributed by atoms with van der Waals surface area (Å²) in [6.45, 7) is 2.93. The first-order valence-corrected chi connectivity index (χ1v) is 10.4. The molecule has 0 atom stereocenters. The number of carbonyl (C=O) groups is 1. The highest BCUT2D eigenvalue weighted by Crippen LogP contribution is 2.25. The van der Waals surface area contributed by atoms with Gasteiger partial charge in [0.1, 0.15) is 5.82 Å². The molecule has 0 saturated carbocycles. The fraction of sp³-hybridized carbons (Fsp3) is 0.286. The number of hydrogen-bond donors (Lipinski definition) is 2. The van der Waals surface area contributed by atoms with Crippen molar-refractivity contribution in [3.8, 4) is 0 Å². The minimum atomic E-state index is -0.100. The molecule has 7 heteroatoms. The Morgan fingerprint density at radius 1 is 1.11 bits per heavy atom. The molecule has 1 amide bonds. The molecule has 144 valence electrons. The largest absolute Gasteiger partial charge is 0.371 e. The first-order chi connectivity index (χ1) is 13.8. The molecule has 0 unspecified atom stereocenters. The van der Waals surface area contributed by atoms with Gasteiger partial charge >= 0.3 is 0 Å². The standard InChI is InChI=1S/C21H23N5OS/c27-21(19-4-2-14-28-19)25-18-3-1-9-23-20(18)24-15-16-7-12-26(13-8-16)17-5-10-22-11-6-17/h1-6,9-11,14,16H,7-8,12-13,15H2,(H,23,24)(H,25,27). The fourth-order valence-corrected chi connectivity index (χ4v) is 4.05. The van der Waals surface area contributed by atoms with Crippen LogP contribution in [-0.2, 0) is 0 Å². The molecule has 3 aromatic rings. The highest BCUT2D eigenvalue weighted by molar-refractivity contribution is 7.12. The molecule has 4 heterocycles. The van der Waals surface area contributed by atoms with Crippen LogP contribution in [0.2, 0.25) is 0 Å². The summed E-state index contributed by atoms with van der Waals surface area (Å²) in [5.74, 6) is 1.21. The monoisotopic (exact) mass is 393 g/mol. The molecule has 4 rings (SSSR count). The number of carbonyl (C=O) groups excluding carboxylic acids is 1. The number of pyridine rings is 2. The molecule has 0 aliphatic carbocycles. The molecule has 1 saturated heterocycles. The lowest BCUT2D eigenvalue weighted by molar-refractivity contribution is 0.103. The third-order valence-electron chi connectivity index (χ3n) is 5.00. The molecule has 0 radical (unpaired) electrons. The normalized spacial score (nSPS) is 14.6. The number of amides is 1. The Bertz CT molecular complexity index is 892. The molecule has 6 nitrogen and oxygen atoms in total. The van der Waals surface area contributed by atoms with Crippen molar-refractivity contribution in [2.24, 2.45) is 5.92 Å². The van der Waals surface area contributed by atoms with Crippen molar-refractivity contribution in [2.45, 2.75) is 12.8 Å². The first kappa shape index (κ1) is 18.4. The van der Waals surface area contributed by atoms with Gasteiger partial charge in [0.25, 0.3) is 5.91 Å². The molecule has 0 bridgehead atoms. The number of rotatable bonds is 6. The lowest BCUT2D eigenvalue weighted by atomic mass is 9.96. The van der Waals surface area contributed by atoms with Crippen LogP contribution in [0.1, 0.15) is 22.5 Å². The van der Waals surface area contributed by atoms with E-state index in [0.29, 0.717) is 10.8 Å². The number of aromatic nitrogens is 2. The Balaban J connectivity index is 1.31. The predicted octanol–water partition coefficient (Wildman–Crippen LogP) is 4.12. The summed E-state index contributed by atoms with van der Waals surface area (Å²) in [7, 11) is 0. The molecule has 0 spiro atoms. The van der Waals surface area contributed by atoms with Crippen molar-refractivity contribution in [1.29, 1.82) is 0 Å². The van der Waals surface area contributed by atoms with Crippen molar-refractivity contribution in [1.82, 2.24) is 9.97 Å². The van der Waals surface area contributed by atoms with Gasteiger partial charge in [-0.25, -0.2) is 4.98 Å². The zero-order chi connectivity index (χ0) is 19.2. The minimum absolute atomic E-state index is 0.100. The minimum Gasteiger partial charge on any atom is -0.371 e. The zero-order valence-electron chi connectivity index (χ0n) is 15.5. The van der Waals surface area contributed by atoms with Gasteiger partial charge in [-0.3, -0.25) is 9.78 Å². The van der Waals surface area contributed by atoms with Crippen LogP contribution in [0.5, 0.6) is 0 Å². The summed E-state index contributed by atoms with van der Waals surface area (Å²) in [6.07, 6.45) is 7.68. The lowest BCUT2D eigenvalue weighted by Gasteiger charge is -2.33. The summed E-state index contributed by atoms with van der Waals surface area (Å²) in [5, 5.41) is 8.30. The van der Waals surface area contributed by atoms with Gasteiger partial charge in [0.05, 0.1) is 10.6 Å². The highest BCUT2D eigenvalue weighted by atomic mass is 32.1. The van der Waals surface area contributed by atoms with Crippen LogP contribution in [-0.4, -0.2) is 35.5 Å². The average molecular weight is 394 g/mol. The van der Waals surface area contributed by atoms with Crippen LogP contribution < -0.4 is 15.5 Å².